The number of nitrogens with one attached hydrogen (secondary N) is 2. The van der Waals surface area contributed by atoms with Crippen molar-refractivity contribution in [2.45, 2.75) is 36.8 Å². The van der Waals surface area contributed by atoms with E-state index in [1.165, 1.54) is 5.56 Å². The molecule has 1 unspecified atom stereocenters. The van der Waals surface area contributed by atoms with Crippen LogP contribution in [0.15, 0.2) is 30.3 Å². The van der Waals surface area contributed by atoms with Gasteiger partial charge in [0.1, 0.15) is 0 Å². The highest BCUT2D eigenvalue weighted by Gasteiger charge is 2.19. The number of thioether (sulfide) groups is 1. The molecule has 1 atom stereocenters. The lowest BCUT2D eigenvalue weighted by atomic mass is 10.1. The Morgan fingerprint density at radius 2 is 2.05 bits per heavy atom. The first-order chi connectivity index (χ1) is 9.25. The molecule has 1 aromatic carbocycles. The Bertz CT molecular complexity index is 390. The van der Waals surface area contributed by atoms with Crippen molar-refractivity contribution in [3.8, 4) is 0 Å². The van der Waals surface area contributed by atoms with Gasteiger partial charge in [-0.25, -0.2) is 0 Å². The first kappa shape index (κ1) is 14.4. The quantitative estimate of drug-likeness (QED) is 0.867. The second-order valence-electron chi connectivity index (χ2n) is 4.97. The minimum absolute atomic E-state index is 0.00934. The third-order valence-electron chi connectivity index (χ3n) is 3.40. The monoisotopic (exact) mass is 278 g/mol. The van der Waals surface area contributed by atoms with E-state index in [4.69, 9.17) is 0 Å². The van der Waals surface area contributed by atoms with Crippen LogP contribution in [0, 0.1) is 0 Å². The SMILES string of the molecule is CC(SCc1ccccc1)C(=O)NC1CCNCC1. The summed E-state index contributed by atoms with van der Waals surface area (Å²) in [5.74, 6) is 1.06. The Morgan fingerprint density at radius 3 is 2.74 bits per heavy atom. The van der Waals surface area contributed by atoms with Crippen LogP contribution in [-0.2, 0) is 10.5 Å². The molecule has 1 fully saturated rings. The Labute approximate surface area is 119 Å². The minimum Gasteiger partial charge on any atom is -0.352 e. The molecule has 0 bridgehead atoms. The summed E-state index contributed by atoms with van der Waals surface area (Å²) in [6.45, 7) is 4.01. The summed E-state index contributed by atoms with van der Waals surface area (Å²) in [5, 5.41) is 6.47. The van der Waals surface area contributed by atoms with Gasteiger partial charge in [-0.2, -0.15) is 0 Å². The summed E-state index contributed by atoms with van der Waals surface area (Å²) in [6.07, 6.45) is 2.09. The predicted molar refractivity (Wildman–Crippen MR) is 81.2 cm³/mol. The molecule has 2 N–H and O–H groups in total. The van der Waals surface area contributed by atoms with Crippen molar-refractivity contribution in [1.82, 2.24) is 10.6 Å². The number of piperidine rings is 1. The highest BCUT2D eigenvalue weighted by atomic mass is 32.2. The third-order valence-corrected chi connectivity index (χ3v) is 4.61. The van der Waals surface area contributed by atoms with Crippen LogP contribution in [0.4, 0.5) is 0 Å². The first-order valence-corrected chi connectivity index (χ1v) is 7.97. The number of rotatable bonds is 5. The molecule has 1 aliphatic heterocycles. The zero-order chi connectivity index (χ0) is 13.5. The van der Waals surface area contributed by atoms with Crippen LogP contribution in [-0.4, -0.2) is 30.3 Å². The molecular weight excluding hydrogens is 256 g/mol. The second-order valence-corrected chi connectivity index (χ2v) is 6.30. The zero-order valence-corrected chi connectivity index (χ0v) is 12.2. The van der Waals surface area contributed by atoms with Crippen LogP contribution in [0.1, 0.15) is 25.3 Å². The van der Waals surface area contributed by atoms with Crippen molar-refractivity contribution in [2.24, 2.45) is 0 Å². The van der Waals surface area contributed by atoms with E-state index < -0.39 is 0 Å². The van der Waals surface area contributed by atoms with E-state index in [9.17, 15) is 4.79 Å². The topological polar surface area (TPSA) is 41.1 Å². The highest BCUT2D eigenvalue weighted by Crippen LogP contribution is 2.18. The summed E-state index contributed by atoms with van der Waals surface area (Å²) in [6, 6.07) is 10.6. The van der Waals surface area contributed by atoms with Gasteiger partial charge >= 0.3 is 0 Å². The van der Waals surface area contributed by atoms with Crippen LogP contribution in [0.3, 0.4) is 0 Å². The third kappa shape index (κ3) is 4.88. The van der Waals surface area contributed by atoms with E-state index in [0.29, 0.717) is 6.04 Å². The molecule has 0 radical (unpaired) electrons. The lowest BCUT2D eigenvalue weighted by Crippen LogP contribution is -2.45. The fourth-order valence-electron chi connectivity index (χ4n) is 2.16. The Balaban J connectivity index is 1.72. The highest BCUT2D eigenvalue weighted by molar-refractivity contribution is 7.99. The van der Waals surface area contributed by atoms with Gasteiger partial charge in [0.05, 0.1) is 5.25 Å². The van der Waals surface area contributed by atoms with Crippen LogP contribution in [0.5, 0.6) is 0 Å². The van der Waals surface area contributed by atoms with E-state index in [1.54, 1.807) is 11.8 Å². The smallest absolute Gasteiger partial charge is 0.233 e. The normalized spacial score (nSPS) is 17.9. The van der Waals surface area contributed by atoms with Crippen LogP contribution in [0.25, 0.3) is 0 Å². The molecule has 19 heavy (non-hydrogen) atoms. The van der Waals surface area contributed by atoms with E-state index in [-0.39, 0.29) is 11.2 Å². The van der Waals surface area contributed by atoms with Crippen LogP contribution in [0.2, 0.25) is 0 Å². The number of benzene rings is 1. The number of hydrogen-bond acceptors (Lipinski definition) is 3. The number of carbonyl (C=O) groups excluding carboxylic acids is 1. The maximum absolute atomic E-state index is 12.1. The Morgan fingerprint density at radius 1 is 1.37 bits per heavy atom. The lowest BCUT2D eigenvalue weighted by Gasteiger charge is -2.25. The maximum Gasteiger partial charge on any atom is 0.233 e. The average molecular weight is 278 g/mol. The standard InChI is InChI=1S/C15H22N2OS/c1-12(19-11-13-5-3-2-4-6-13)15(18)17-14-7-9-16-10-8-14/h2-6,12,14,16H,7-11H2,1H3,(H,17,18). The fraction of sp³-hybridized carbons (Fsp3) is 0.533. The summed E-state index contributed by atoms with van der Waals surface area (Å²) in [7, 11) is 0. The van der Waals surface area contributed by atoms with Crippen molar-refractivity contribution < 1.29 is 4.79 Å². The van der Waals surface area contributed by atoms with Crippen LogP contribution < -0.4 is 10.6 Å². The summed E-state index contributed by atoms with van der Waals surface area (Å²) >= 11 is 1.70. The molecule has 4 heteroatoms. The Kier molecular flexibility index (Phi) is 5.73. The molecule has 1 aliphatic rings. The molecule has 0 aliphatic carbocycles. The fourth-order valence-corrected chi connectivity index (χ4v) is 3.01. The van der Waals surface area contributed by atoms with Gasteiger partial charge in [-0.1, -0.05) is 30.3 Å². The molecule has 1 saturated heterocycles. The van der Waals surface area contributed by atoms with Crippen LogP contribution >= 0.6 is 11.8 Å². The van der Waals surface area contributed by atoms with E-state index >= 15 is 0 Å². The van der Waals surface area contributed by atoms with Gasteiger partial charge in [-0.3, -0.25) is 4.79 Å². The molecule has 1 amide bonds. The Hall–Kier alpha value is -1.00. The van der Waals surface area contributed by atoms with Gasteiger partial charge in [0.2, 0.25) is 5.91 Å². The average Bonchev–Trinajstić information content (AvgIpc) is 2.47. The lowest BCUT2D eigenvalue weighted by molar-refractivity contribution is -0.121. The molecule has 0 aromatic heterocycles. The molecule has 0 spiro atoms. The second kappa shape index (κ2) is 7.56. The van der Waals surface area contributed by atoms with Crippen molar-refractivity contribution in [3.05, 3.63) is 35.9 Å². The molecular formula is C15H22N2OS. The van der Waals surface area contributed by atoms with Crippen molar-refractivity contribution in [2.75, 3.05) is 13.1 Å². The first-order valence-electron chi connectivity index (χ1n) is 6.92. The molecule has 1 aromatic rings. The molecule has 3 nitrogen and oxygen atoms in total. The summed E-state index contributed by atoms with van der Waals surface area (Å²) < 4.78 is 0. The van der Waals surface area contributed by atoms with Gasteiger partial charge in [0, 0.05) is 11.8 Å². The predicted octanol–water partition coefficient (Wildman–Crippen LogP) is 2.18. The summed E-state index contributed by atoms with van der Waals surface area (Å²) in [5.41, 5.74) is 1.27. The number of hydrogen-bond donors (Lipinski definition) is 2. The van der Waals surface area contributed by atoms with Gasteiger partial charge in [-0.15, -0.1) is 11.8 Å². The van der Waals surface area contributed by atoms with Gasteiger partial charge in [0.25, 0.3) is 0 Å². The van der Waals surface area contributed by atoms with E-state index in [1.807, 2.05) is 25.1 Å². The van der Waals surface area contributed by atoms with Crippen molar-refractivity contribution >= 4 is 17.7 Å². The number of carbonyl (C=O) groups is 1. The van der Waals surface area contributed by atoms with Crippen molar-refractivity contribution in [3.63, 3.8) is 0 Å². The zero-order valence-electron chi connectivity index (χ0n) is 11.4. The van der Waals surface area contributed by atoms with E-state index in [0.717, 1.165) is 31.7 Å². The van der Waals surface area contributed by atoms with Crippen molar-refractivity contribution in [1.29, 1.82) is 0 Å². The van der Waals surface area contributed by atoms with E-state index in [2.05, 4.69) is 22.8 Å². The molecule has 1 heterocycles. The summed E-state index contributed by atoms with van der Waals surface area (Å²) in [4.78, 5) is 12.1. The molecule has 104 valence electrons. The molecule has 0 saturated carbocycles. The largest absolute Gasteiger partial charge is 0.352 e. The minimum atomic E-state index is 0.00934. The van der Waals surface area contributed by atoms with Gasteiger partial charge in [-0.05, 0) is 38.4 Å². The number of amides is 1. The van der Waals surface area contributed by atoms with Gasteiger partial charge < -0.3 is 10.6 Å². The van der Waals surface area contributed by atoms with Gasteiger partial charge in [0.15, 0.2) is 0 Å². The maximum atomic E-state index is 12.1. The molecule has 2 rings (SSSR count).